The molecule has 0 aromatic heterocycles. The zero-order chi connectivity index (χ0) is 11.7. The Morgan fingerprint density at radius 2 is 1.88 bits per heavy atom. The molecule has 3 rings (SSSR count). The van der Waals surface area contributed by atoms with E-state index in [0.29, 0.717) is 12.0 Å². The summed E-state index contributed by atoms with van der Waals surface area (Å²) < 4.78 is 0. The van der Waals surface area contributed by atoms with Crippen molar-refractivity contribution in [3.63, 3.8) is 0 Å². The average Bonchev–Trinajstić information content (AvgIpc) is 2.83. The molecule has 1 fully saturated rings. The standard InChI is InChI=1S/C15H21NS/c16-15(11-6-2-1-3-7-11)13-10-17-14-9-5-4-8-12(13)14/h4-5,8-9,11,13,15H,1-3,6-7,10,16H2. The van der Waals surface area contributed by atoms with Gasteiger partial charge in [-0.2, -0.15) is 0 Å². The fourth-order valence-electron chi connectivity index (χ4n) is 3.35. The first-order valence-electron chi connectivity index (χ1n) is 6.83. The Labute approximate surface area is 108 Å². The Hall–Kier alpha value is -0.470. The fourth-order valence-corrected chi connectivity index (χ4v) is 4.68. The molecule has 0 spiro atoms. The van der Waals surface area contributed by atoms with Gasteiger partial charge in [0.2, 0.25) is 0 Å². The predicted molar refractivity (Wildman–Crippen MR) is 74.5 cm³/mol. The largest absolute Gasteiger partial charge is 0.327 e. The van der Waals surface area contributed by atoms with Crippen molar-refractivity contribution in [3.05, 3.63) is 29.8 Å². The summed E-state index contributed by atoms with van der Waals surface area (Å²) >= 11 is 1.99. The molecule has 0 bridgehead atoms. The maximum Gasteiger partial charge on any atom is 0.0145 e. The molecule has 17 heavy (non-hydrogen) atoms. The van der Waals surface area contributed by atoms with Gasteiger partial charge in [0.25, 0.3) is 0 Å². The highest BCUT2D eigenvalue weighted by atomic mass is 32.2. The molecule has 2 unspecified atom stereocenters. The molecular formula is C15H21NS. The molecule has 0 amide bonds. The molecule has 0 saturated heterocycles. The van der Waals surface area contributed by atoms with Gasteiger partial charge in [-0.25, -0.2) is 0 Å². The van der Waals surface area contributed by atoms with E-state index in [2.05, 4.69) is 24.3 Å². The first-order chi connectivity index (χ1) is 8.36. The van der Waals surface area contributed by atoms with Gasteiger partial charge in [0.05, 0.1) is 0 Å². The van der Waals surface area contributed by atoms with Gasteiger partial charge >= 0.3 is 0 Å². The molecule has 2 heteroatoms. The Morgan fingerprint density at radius 3 is 2.71 bits per heavy atom. The minimum atomic E-state index is 0.381. The fraction of sp³-hybridized carbons (Fsp3) is 0.600. The van der Waals surface area contributed by atoms with Crippen LogP contribution in [0.25, 0.3) is 0 Å². The van der Waals surface area contributed by atoms with E-state index < -0.39 is 0 Å². The van der Waals surface area contributed by atoms with Crippen LogP contribution in [0.5, 0.6) is 0 Å². The molecule has 2 aliphatic rings. The Morgan fingerprint density at radius 1 is 1.12 bits per heavy atom. The van der Waals surface area contributed by atoms with Gasteiger partial charge in [0.15, 0.2) is 0 Å². The Kier molecular flexibility index (Phi) is 3.44. The molecular weight excluding hydrogens is 226 g/mol. The smallest absolute Gasteiger partial charge is 0.0145 e. The van der Waals surface area contributed by atoms with E-state index in [1.807, 2.05) is 11.8 Å². The number of thioether (sulfide) groups is 1. The lowest BCUT2D eigenvalue weighted by Crippen LogP contribution is -2.37. The van der Waals surface area contributed by atoms with E-state index >= 15 is 0 Å². The van der Waals surface area contributed by atoms with E-state index in [1.54, 1.807) is 0 Å². The van der Waals surface area contributed by atoms with Gasteiger partial charge in [0.1, 0.15) is 0 Å². The molecule has 2 atom stereocenters. The van der Waals surface area contributed by atoms with Gasteiger partial charge in [-0.1, -0.05) is 37.5 Å². The van der Waals surface area contributed by atoms with Gasteiger partial charge in [-0.3, -0.25) is 0 Å². The monoisotopic (exact) mass is 247 g/mol. The molecule has 1 heterocycles. The van der Waals surface area contributed by atoms with E-state index in [9.17, 15) is 0 Å². The second kappa shape index (κ2) is 5.03. The van der Waals surface area contributed by atoms with Crippen LogP contribution in [0.4, 0.5) is 0 Å². The predicted octanol–water partition coefficient (Wildman–Crippen LogP) is 3.78. The number of fused-ring (bicyclic) bond motifs is 1. The summed E-state index contributed by atoms with van der Waals surface area (Å²) in [5, 5.41) is 0. The van der Waals surface area contributed by atoms with Crippen molar-refractivity contribution in [1.82, 2.24) is 0 Å². The Bertz CT molecular complexity index is 384. The Balaban J connectivity index is 1.76. The quantitative estimate of drug-likeness (QED) is 0.860. The molecule has 92 valence electrons. The summed E-state index contributed by atoms with van der Waals surface area (Å²) in [6.45, 7) is 0. The van der Waals surface area contributed by atoms with Crippen molar-refractivity contribution in [2.45, 2.75) is 49.0 Å². The third kappa shape index (κ3) is 2.25. The van der Waals surface area contributed by atoms with Crippen LogP contribution in [0.3, 0.4) is 0 Å². The third-order valence-corrected chi connectivity index (χ3v) is 5.60. The lowest BCUT2D eigenvalue weighted by molar-refractivity contribution is 0.284. The maximum absolute atomic E-state index is 6.56. The van der Waals surface area contributed by atoms with Crippen LogP contribution in [-0.4, -0.2) is 11.8 Å². The highest BCUT2D eigenvalue weighted by molar-refractivity contribution is 7.99. The van der Waals surface area contributed by atoms with Crippen molar-refractivity contribution in [3.8, 4) is 0 Å². The van der Waals surface area contributed by atoms with Crippen LogP contribution in [0.15, 0.2) is 29.2 Å². The lowest BCUT2D eigenvalue weighted by Gasteiger charge is -2.31. The van der Waals surface area contributed by atoms with Gasteiger partial charge in [-0.05, 0) is 30.4 Å². The van der Waals surface area contributed by atoms with Crippen LogP contribution >= 0.6 is 11.8 Å². The minimum Gasteiger partial charge on any atom is -0.327 e. The highest BCUT2D eigenvalue weighted by Crippen LogP contribution is 2.43. The maximum atomic E-state index is 6.56. The van der Waals surface area contributed by atoms with E-state index in [1.165, 1.54) is 48.3 Å². The number of nitrogens with two attached hydrogens (primary N) is 1. The summed E-state index contributed by atoms with van der Waals surface area (Å²) in [5.74, 6) is 2.55. The van der Waals surface area contributed by atoms with Crippen molar-refractivity contribution in [2.24, 2.45) is 11.7 Å². The SMILES string of the molecule is NC(C1CCCCC1)C1CSc2ccccc21. The molecule has 1 saturated carbocycles. The summed E-state index contributed by atoms with van der Waals surface area (Å²) in [7, 11) is 0. The van der Waals surface area contributed by atoms with Crippen molar-refractivity contribution in [2.75, 3.05) is 5.75 Å². The second-order valence-electron chi connectivity index (χ2n) is 5.43. The molecule has 1 aliphatic heterocycles. The molecule has 1 aromatic rings. The van der Waals surface area contributed by atoms with Gasteiger partial charge in [-0.15, -0.1) is 11.8 Å². The highest BCUT2D eigenvalue weighted by Gasteiger charge is 2.33. The van der Waals surface area contributed by atoms with Crippen LogP contribution < -0.4 is 5.73 Å². The molecule has 1 nitrogen and oxygen atoms in total. The normalized spacial score (nSPS) is 26.8. The van der Waals surface area contributed by atoms with Crippen molar-refractivity contribution in [1.29, 1.82) is 0 Å². The first-order valence-corrected chi connectivity index (χ1v) is 7.82. The molecule has 1 aliphatic carbocycles. The summed E-state index contributed by atoms with van der Waals surface area (Å²) in [6, 6.07) is 9.20. The molecule has 1 aromatic carbocycles. The summed E-state index contributed by atoms with van der Waals surface area (Å²) in [4.78, 5) is 1.46. The third-order valence-electron chi connectivity index (χ3n) is 4.40. The average molecular weight is 247 g/mol. The van der Waals surface area contributed by atoms with Crippen LogP contribution in [0, 0.1) is 5.92 Å². The zero-order valence-corrected chi connectivity index (χ0v) is 11.1. The van der Waals surface area contributed by atoms with Crippen LogP contribution in [0.1, 0.15) is 43.6 Å². The van der Waals surface area contributed by atoms with Crippen molar-refractivity contribution < 1.29 is 0 Å². The van der Waals surface area contributed by atoms with E-state index in [0.717, 1.165) is 5.92 Å². The first kappa shape index (κ1) is 11.6. The van der Waals surface area contributed by atoms with Crippen molar-refractivity contribution >= 4 is 11.8 Å². The number of hydrogen-bond acceptors (Lipinski definition) is 2. The molecule has 2 N–H and O–H groups in total. The van der Waals surface area contributed by atoms with Gasteiger partial charge < -0.3 is 5.73 Å². The zero-order valence-electron chi connectivity index (χ0n) is 10.3. The number of hydrogen-bond donors (Lipinski definition) is 1. The summed E-state index contributed by atoms with van der Waals surface area (Å²) in [6.07, 6.45) is 6.90. The van der Waals surface area contributed by atoms with Gasteiger partial charge in [0, 0.05) is 22.6 Å². The summed E-state index contributed by atoms with van der Waals surface area (Å²) in [5.41, 5.74) is 8.07. The topological polar surface area (TPSA) is 26.0 Å². The number of benzene rings is 1. The molecule has 0 radical (unpaired) electrons. The lowest BCUT2D eigenvalue weighted by atomic mass is 9.77. The minimum absolute atomic E-state index is 0.381. The van der Waals surface area contributed by atoms with Crippen LogP contribution in [0.2, 0.25) is 0 Å². The van der Waals surface area contributed by atoms with E-state index in [-0.39, 0.29) is 0 Å². The van der Waals surface area contributed by atoms with E-state index in [4.69, 9.17) is 5.73 Å². The van der Waals surface area contributed by atoms with Crippen LogP contribution in [-0.2, 0) is 0 Å². The second-order valence-corrected chi connectivity index (χ2v) is 6.49. The number of rotatable bonds is 2.